The molecule has 2 aliphatic rings. The molecule has 8 heteroatoms. The molecule has 7 nitrogen and oxygen atoms in total. The van der Waals surface area contributed by atoms with Gasteiger partial charge in [0.15, 0.2) is 0 Å². The summed E-state index contributed by atoms with van der Waals surface area (Å²) < 4.78 is 5.90. The average Bonchev–Trinajstić information content (AvgIpc) is 3.25. The number of anilines is 1. The van der Waals surface area contributed by atoms with Crippen LogP contribution in [-0.2, 0) is 9.59 Å². The lowest BCUT2D eigenvalue weighted by molar-refractivity contribution is -0.144. The van der Waals surface area contributed by atoms with Crippen LogP contribution in [0.1, 0.15) is 36.8 Å². The first-order valence-corrected chi connectivity index (χ1v) is 10.4. The second kappa shape index (κ2) is 7.50. The number of carbonyl (C=O) groups is 2. The second-order valence-corrected chi connectivity index (χ2v) is 8.77. The lowest BCUT2D eigenvalue weighted by Crippen LogP contribution is -2.57. The first-order chi connectivity index (χ1) is 13.4. The van der Waals surface area contributed by atoms with Crippen molar-refractivity contribution in [2.45, 2.75) is 39.2 Å². The first-order valence-electron chi connectivity index (χ1n) is 9.56. The first kappa shape index (κ1) is 18.9. The summed E-state index contributed by atoms with van der Waals surface area (Å²) >= 11 is 1.42. The highest BCUT2D eigenvalue weighted by Crippen LogP contribution is 2.32. The fourth-order valence-electron chi connectivity index (χ4n) is 3.39. The van der Waals surface area contributed by atoms with E-state index in [1.165, 1.54) is 16.9 Å². The van der Waals surface area contributed by atoms with Gasteiger partial charge in [0.25, 0.3) is 0 Å². The zero-order valence-electron chi connectivity index (χ0n) is 16.3. The van der Waals surface area contributed by atoms with Crippen LogP contribution in [0.25, 0.3) is 0 Å². The summed E-state index contributed by atoms with van der Waals surface area (Å²) in [5.41, 5.74) is 1.18. The summed E-state index contributed by atoms with van der Waals surface area (Å²) in [6.07, 6.45) is 0.242. The van der Waals surface area contributed by atoms with E-state index in [2.05, 4.69) is 10.2 Å². The van der Waals surface area contributed by atoms with Crippen LogP contribution in [-0.4, -0.2) is 52.6 Å². The highest BCUT2D eigenvalue weighted by molar-refractivity contribution is 7.15. The maximum absolute atomic E-state index is 12.8. The van der Waals surface area contributed by atoms with Crippen LogP contribution in [0.4, 0.5) is 5.13 Å². The third kappa shape index (κ3) is 3.73. The third-order valence-corrected chi connectivity index (χ3v) is 6.36. The molecule has 2 aromatic rings. The maximum Gasteiger partial charge on any atom is 0.229 e. The van der Waals surface area contributed by atoms with Crippen molar-refractivity contribution in [2.24, 2.45) is 5.92 Å². The summed E-state index contributed by atoms with van der Waals surface area (Å²) in [4.78, 5) is 28.5. The monoisotopic (exact) mass is 400 g/mol. The van der Waals surface area contributed by atoms with E-state index in [9.17, 15) is 9.59 Å². The normalized spacial score (nSPS) is 20.0. The highest BCUT2D eigenvalue weighted by atomic mass is 32.1. The van der Waals surface area contributed by atoms with Crippen LogP contribution < -0.4 is 9.64 Å². The fraction of sp³-hybridized carbons (Fsp3) is 0.500. The molecule has 0 N–H and O–H groups in total. The molecule has 0 spiro atoms. The summed E-state index contributed by atoms with van der Waals surface area (Å²) in [6.45, 7) is 7.62. The average molecular weight is 401 g/mol. The molecule has 2 saturated heterocycles. The Bertz CT molecular complexity index is 874. The van der Waals surface area contributed by atoms with E-state index in [-0.39, 0.29) is 36.2 Å². The topological polar surface area (TPSA) is 75.6 Å². The molecule has 1 aromatic heterocycles. The Morgan fingerprint density at radius 3 is 2.54 bits per heavy atom. The molecule has 4 rings (SSSR count). The van der Waals surface area contributed by atoms with Gasteiger partial charge in [-0.05, 0) is 19.1 Å². The number of carbonyl (C=O) groups excluding carboxylic acids is 2. The van der Waals surface area contributed by atoms with E-state index in [1.807, 2.05) is 45.0 Å². The van der Waals surface area contributed by atoms with Gasteiger partial charge in [-0.25, -0.2) is 0 Å². The number of nitrogens with zero attached hydrogens (tertiary/aromatic N) is 4. The Morgan fingerprint density at radius 2 is 1.89 bits per heavy atom. The zero-order valence-corrected chi connectivity index (χ0v) is 17.1. The number of aromatic nitrogens is 2. The number of amides is 2. The minimum Gasteiger partial charge on any atom is -0.487 e. The number of benzene rings is 1. The van der Waals surface area contributed by atoms with Crippen LogP contribution in [0.2, 0.25) is 0 Å². The molecule has 1 atom stereocenters. The van der Waals surface area contributed by atoms with Crippen LogP contribution in [0, 0.1) is 12.8 Å². The fourth-order valence-corrected chi connectivity index (χ4v) is 4.26. The summed E-state index contributed by atoms with van der Waals surface area (Å²) in [7, 11) is 0. The molecule has 28 heavy (non-hydrogen) atoms. The molecular formula is C20H24N4O3S. The second-order valence-electron chi connectivity index (χ2n) is 7.78. The molecule has 2 fully saturated rings. The van der Waals surface area contributed by atoms with E-state index >= 15 is 0 Å². The van der Waals surface area contributed by atoms with Crippen LogP contribution in [0.15, 0.2) is 24.3 Å². The lowest BCUT2D eigenvalue weighted by atomic mass is 10.0. The van der Waals surface area contributed by atoms with Gasteiger partial charge >= 0.3 is 0 Å². The molecule has 3 heterocycles. The predicted molar refractivity (Wildman–Crippen MR) is 107 cm³/mol. The van der Waals surface area contributed by atoms with Gasteiger partial charge in [0.2, 0.25) is 16.9 Å². The molecule has 2 aliphatic heterocycles. The minimum absolute atomic E-state index is 0.0108. The van der Waals surface area contributed by atoms with Gasteiger partial charge in [0.1, 0.15) is 16.9 Å². The Labute approximate surface area is 168 Å². The maximum atomic E-state index is 12.8. The molecule has 148 valence electrons. The number of rotatable bonds is 5. The van der Waals surface area contributed by atoms with E-state index < -0.39 is 0 Å². The molecule has 2 amide bonds. The van der Waals surface area contributed by atoms with Crippen molar-refractivity contribution in [1.82, 2.24) is 15.1 Å². The van der Waals surface area contributed by atoms with Gasteiger partial charge in [-0.2, -0.15) is 0 Å². The van der Waals surface area contributed by atoms with Gasteiger partial charge in [-0.3, -0.25) is 14.5 Å². The van der Waals surface area contributed by atoms with Gasteiger partial charge in [0.05, 0.1) is 19.0 Å². The number of hydrogen-bond acceptors (Lipinski definition) is 6. The predicted octanol–water partition coefficient (Wildman–Crippen LogP) is 2.61. The quantitative estimate of drug-likeness (QED) is 0.771. The van der Waals surface area contributed by atoms with Crippen molar-refractivity contribution in [3.05, 3.63) is 34.8 Å². The Hall–Kier alpha value is -2.48. The SMILES string of the molecule is Cc1ccc(OC2CN(C(=O)C3CC(=O)N(c4nnc(C(C)C)s4)C3)C2)cc1. The molecule has 0 saturated carbocycles. The van der Waals surface area contributed by atoms with Gasteiger partial charge < -0.3 is 9.64 Å². The van der Waals surface area contributed by atoms with Crippen molar-refractivity contribution >= 4 is 28.3 Å². The molecule has 0 radical (unpaired) electrons. The number of likely N-dealkylation sites (tertiary alicyclic amines) is 1. The van der Waals surface area contributed by atoms with Crippen LogP contribution in [0.5, 0.6) is 5.75 Å². The van der Waals surface area contributed by atoms with E-state index in [1.54, 1.807) is 9.80 Å². The van der Waals surface area contributed by atoms with Gasteiger partial charge in [0, 0.05) is 18.9 Å². The molecule has 1 aromatic carbocycles. The molecular weight excluding hydrogens is 376 g/mol. The van der Waals surface area contributed by atoms with Crippen LogP contribution in [0.3, 0.4) is 0 Å². The van der Waals surface area contributed by atoms with E-state index in [0.717, 1.165) is 10.8 Å². The van der Waals surface area contributed by atoms with E-state index in [4.69, 9.17) is 4.74 Å². The van der Waals surface area contributed by atoms with Crippen LogP contribution >= 0.6 is 11.3 Å². The van der Waals surface area contributed by atoms with Crippen molar-refractivity contribution in [3.8, 4) is 5.75 Å². The third-order valence-electron chi connectivity index (χ3n) is 5.11. The number of hydrogen-bond donors (Lipinski definition) is 0. The summed E-state index contributed by atoms with van der Waals surface area (Å²) in [5.74, 6) is 0.736. The summed E-state index contributed by atoms with van der Waals surface area (Å²) in [6, 6.07) is 7.91. The van der Waals surface area contributed by atoms with Gasteiger partial charge in [-0.15, -0.1) is 10.2 Å². The zero-order chi connectivity index (χ0) is 19.8. The number of aryl methyl sites for hydroxylation is 1. The molecule has 1 unspecified atom stereocenters. The Balaban J connectivity index is 1.31. The van der Waals surface area contributed by atoms with Crippen molar-refractivity contribution < 1.29 is 14.3 Å². The lowest BCUT2D eigenvalue weighted by Gasteiger charge is -2.40. The Morgan fingerprint density at radius 1 is 1.18 bits per heavy atom. The van der Waals surface area contributed by atoms with Gasteiger partial charge in [-0.1, -0.05) is 42.9 Å². The molecule has 0 bridgehead atoms. The smallest absolute Gasteiger partial charge is 0.229 e. The molecule has 0 aliphatic carbocycles. The summed E-state index contributed by atoms with van der Waals surface area (Å²) in [5, 5.41) is 9.77. The standard InChI is InChI=1S/C20H24N4O3S/c1-12(2)18-21-22-20(28-18)24-9-14(8-17(24)25)19(26)23-10-16(11-23)27-15-6-4-13(3)5-7-15/h4-7,12,14,16H,8-11H2,1-3H3. The van der Waals surface area contributed by atoms with E-state index in [0.29, 0.717) is 24.8 Å². The van der Waals surface area contributed by atoms with Crippen molar-refractivity contribution in [3.63, 3.8) is 0 Å². The highest BCUT2D eigenvalue weighted by Gasteiger charge is 2.42. The van der Waals surface area contributed by atoms with Crippen molar-refractivity contribution in [2.75, 3.05) is 24.5 Å². The minimum atomic E-state index is -0.320. The Kier molecular flexibility index (Phi) is 5.05. The van der Waals surface area contributed by atoms with Crippen molar-refractivity contribution in [1.29, 1.82) is 0 Å². The number of ether oxygens (including phenoxy) is 1. The largest absolute Gasteiger partial charge is 0.487 e.